The standard InChI is InChI=1S/C17H26N2/c1-16(2,3)12-8-9-15-13(10-12)14(11-19(15)7)17(4,5)18-6/h8-11,18H,1-7H3. The van der Waals surface area contributed by atoms with E-state index >= 15 is 0 Å². The van der Waals surface area contributed by atoms with Gasteiger partial charge < -0.3 is 9.88 Å². The van der Waals surface area contributed by atoms with Gasteiger partial charge in [-0.1, -0.05) is 26.8 Å². The van der Waals surface area contributed by atoms with Crippen molar-refractivity contribution in [1.82, 2.24) is 9.88 Å². The summed E-state index contributed by atoms with van der Waals surface area (Å²) in [6.45, 7) is 11.2. The van der Waals surface area contributed by atoms with E-state index in [1.54, 1.807) is 0 Å². The molecule has 1 aromatic carbocycles. The second-order valence-corrected chi connectivity index (χ2v) is 7.01. The predicted molar refractivity (Wildman–Crippen MR) is 83.7 cm³/mol. The Kier molecular flexibility index (Phi) is 3.26. The fourth-order valence-electron chi connectivity index (χ4n) is 2.49. The SMILES string of the molecule is CNC(C)(C)c1cn(C)c2ccc(C(C)(C)C)cc12. The number of nitrogens with one attached hydrogen (secondary N) is 1. The second-order valence-electron chi connectivity index (χ2n) is 7.01. The van der Waals surface area contributed by atoms with Crippen molar-refractivity contribution in [3.05, 3.63) is 35.5 Å². The van der Waals surface area contributed by atoms with E-state index in [0.717, 1.165) is 0 Å². The monoisotopic (exact) mass is 258 g/mol. The Morgan fingerprint density at radius 2 is 1.68 bits per heavy atom. The molecule has 0 aliphatic carbocycles. The van der Waals surface area contributed by atoms with Crippen LogP contribution in [0, 0.1) is 0 Å². The van der Waals surface area contributed by atoms with Gasteiger partial charge in [-0.15, -0.1) is 0 Å². The van der Waals surface area contributed by atoms with E-state index in [1.807, 2.05) is 7.05 Å². The molecule has 1 N–H and O–H groups in total. The Morgan fingerprint density at radius 1 is 1.05 bits per heavy atom. The first-order valence-electron chi connectivity index (χ1n) is 6.96. The number of hydrogen-bond donors (Lipinski definition) is 1. The molecule has 0 saturated carbocycles. The maximum absolute atomic E-state index is 3.41. The van der Waals surface area contributed by atoms with Crippen LogP contribution in [0.5, 0.6) is 0 Å². The van der Waals surface area contributed by atoms with Crippen LogP contribution in [-0.4, -0.2) is 11.6 Å². The lowest BCUT2D eigenvalue weighted by Gasteiger charge is -2.24. The summed E-state index contributed by atoms with van der Waals surface area (Å²) in [6.07, 6.45) is 2.24. The van der Waals surface area contributed by atoms with Crippen LogP contribution in [0.4, 0.5) is 0 Å². The van der Waals surface area contributed by atoms with Gasteiger partial charge in [-0.25, -0.2) is 0 Å². The Balaban J connectivity index is 2.73. The average molecular weight is 258 g/mol. The van der Waals surface area contributed by atoms with Gasteiger partial charge in [0.15, 0.2) is 0 Å². The molecule has 0 unspecified atom stereocenters. The van der Waals surface area contributed by atoms with Crippen LogP contribution in [0.1, 0.15) is 45.7 Å². The number of nitrogens with zero attached hydrogens (tertiary/aromatic N) is 1. The van der Waals surface area contributed by atoms with E-state index in [2.05, 4.69) is 75.9 Å². The number of fused-ring (bicyclic) bond motifs is 1. The molecule has 1 heterocycles. The number of aromatic nitrogens is 1. The molecule has 0 aliphatic rings. The van der Waals surface area contributed by atoms with Gasteiger partial charge in [-0.2, -0.15) is 0 Å². The molecule has 0 aliphatic heterocycles. The summed E-state index contributed by atoms with van der Waals surface area (Å²) in [5.74, 6) is 0. The highest BCUT2D eigenvalue weighted by Gasteiger charge is 2.24. The van der Waals surface area contributed by atoms with Gasteiger partial charge in [-0.3, -0.25) is 0 Å². The highest BCUT2D eigenvalue weighted by atomic mass is 15.0. The lowest BCUT2D eigenvalue weighted by atomic mass is 9.85. The van der Waals surface area contributed by atoms with Gasteiger partial charge in [0, 0.05) is 29.7 Å². The van der Waals surface area contributed by atoms with Gasteiger partial charge >= 0.3 is 0 Å². The highest BCUT2D eigenvalue weighted by molar-refractivity contribution is 5.86. The Morgan fingerprint density at radius 3 is 2.21 bits per heavy atom. The molecule has 0 amide bonds. The predicted octanol–water partition coefficient (Wildman–Crippen LogP) is 3.93. The van der Waals surface area contributed by atoms with Crippen LogP contribution in [0.15, 0.2) is 24.4 Å². The maximum atomic E-state index is 3.41. The molecule has 0 atom stereocenters. The molecule has 0 bridgehead atoms. The van der Waals surface area contributed by atoms with E-state index in [1.165, 1.54) is 22.0 Å². The van der Waals surface area contributed by atoms with Crippen molar-refractivity contribution < 1.29 is 0 Å². The largest absolute Gasteiger partial charge is 0.350 e. The smallest absolute Gasteiger partial charge is 0.0481 e. The molecule has 2 rings (SSSR count). The minimum absolute atomic E-state index is 0.0178. The first kappa shape index (κ1) is 14.1. The van der Waals surface area contributed by atoms with E-state index in [4.69, 9.17) is 0 Å². The van der Waals surface area contributed by atoms with Crippen molar-refractivity contribution in [1.29, 1.82) is 0 Å². The number of rotatable bonds is 2. The molecule has 0 saturated heterocycles. The Bertz CT molecular complexity index is 597. The molecule has 0 fully saturated rings. The normalized spacial score (nSPS) is 13.2. The van der Waals surface area contributed by atoms with E-state index in [0.29, 0.717) is 0 Å². The number of benzene rings is 1. The lowest BCUT2D eigenvalue weighted by Crippen LogP contribution is -2.32. The van der Waals surface area contributed by atoms with Gasteiger partial charge in [0.25, 0.3) is 0 Å². The van der Waals surface area contributed by atoms with Crippen molar-refractivity contribution in [3.8, 4) is 0 Å². The van der Waals surface area contributed by atoms with Crippen LogP contribution in [0.25, 0.3) is 10.9 Å². The number of hydrogen-bond acceptors (Lipinski definition) is 1. The van der Waals surface area contributed by atoms with Crippen LogP contribution in [0.3, 0.4) is 0 Å². The van der Waals surface area contributed by atoms with Gasteiger partial charge in [0.1, 0.15) is 0 Å². The van der Waals surface area contributed by atoms with Gasteiger partial charge in [0.05, 0.1) is 0 Å². The summed E-state index contributed by atoms with van der Waals surface area (Å²) >= 11 is 0. The molecule has 2 nitrogen and oxygen atoms in total. The van der Waals surface area contributed by atoms with Crippen LogP contribution >= 0.6 is 0 Å². The zero-order valence-corrected chi connectivity index (χ0v) is 13.3. The minimum Gasteiger partial charge on any atom is -0.350 e. The van der Waals surface area contributed by atoms with Crippen LogP contribution < -0.4 is 5.32 Å². The Hall–Kier alpha value is -1.28. The first-order valence-corrected chi connectivity index (χ1v) is 6.96. The maximum Gasteiger partial charge on any atom is 0.0481 e. The Labute approximate surface area is 116 Å². The minimum atomic E-state index is -0.0178. The van der Waals surface area contributed by atoms with Gasteiger partial charge in [-0.05, 0) is 49.6 Å². The van der Waals surface area contributed by atoms with Crippen LogP contribution in [0.2, 0.25) is 0 Å². The summed E-state index contributed by atoms with van der Waals surface area (Å²) in [5.41, 5.74) is 4.21. The molecule has 2 aromatic rings. The molecule has 19 heavy (non-hydrogen) atoms. The first-order chi connectivity index (χ1) is 8.66. The lowest BCUT2D eigenvalue weighted by molar-refractivity contribution is 0.447. The summed E-state index contributed by atoms with van der Waals surface area (Å²) < 4.78 is 2.22. The molecule has 0 spiro atoms. The van der Waals surface area contributed by atoms with Crippen molar-refractivity contribution >= 4 is 10.9 Å². The molecule has 0 radical (unpaired) electrons. The summed E-state index contributed by atoms with van der Waals surface area (Å²) in [4.78, 5) is 0. The zero-order chi connectivity index (χ0) is 14.4. The van der Waals surface area contributed by atoms with Gasteiger partial charge in [0.2, 0.25) is 0 Å². The summed E-state index contributed by atoms with van der Waals surface area (Å²) in [6, 6.07) is 6.84. The van der Waals surface area contributed by atoms with Crippen molar-refractivity contribution in [2.75, 3.05) is 7.05 Å². The second kappa shape index (κ2) is 4.38. The summed E-state index contributed by atoms with van der Waals surface area (Å²) in [7, 11) is 4.14. The molecular formula is C17H26N2. The van der Waals surface area contributed by atoms with E-state index in [9.17, 15) is 0 Å². The fourth-order valence-corrected chi connectivity index (χ4v) is 2.49. The topological polar surface area (TPSA) is 17.0 Å². The fraction of sp³-hybridized carbons (Fsp3) is 0.529. The number of aryl methyl sites for hydroxylation is 1. The van der Waals surface area contributed by atoms with E-state index in [-0.39, 0.29) is 11.0 Å². The molecule has 1 aromatic heterocycles. The molecular weight excluding hydrogens is 232 g/mol. The van der Waals surface area contributed by atoms with Crippen molar-refractivity contribution in [2.24, 2.45) is 7.05 Å². The third-order valence-electron chi connectivity index (χ3n) is 4.15. The van der Waals surface area contributed by atoms with Crippen LogP contribution in [-0.2, 0) is 18.0 Å². The van der Waals surface area contributed by atoms with Crippen molar-refractivity contribution in [2.45, 2.75) is 45.6 Å². The molecule has 104 valence electrons. The third-order valence-corrected chi connectivity index (χ3v) is 4.15. The highest BCUT2D eigenvalue weighted by Crippen LogP contribution is 2.33. The zero-order valence-electron chi connectivity index (χ0n) is 13.3. The average Bonchev–Trinajstić information content (AvgIpc) is 2.66. The summed E-state index contributed by atoms with van der Waals surface area (Å²) in [5, 5.41) is 4.76. The van der Waals surface area contributed by atoms with Crippen molar-refractivity contribution in [3.63, 3.8) is 0 Å². The van der Waals surface area contributed by atoms with E-state index < -0.39 is 0 Å². The quantitative estimate of drug-likeness (QED) is 0.863. The molecule has 2 heteroatoms. The third kappa shape index (κ3) is 2.42.